The molecule has 0 saturated carbocycles. The van der Waals surface area contributed by atoms with E-state index < -0.39 is 0 Å². The first-order valence-electron chi connectivity index (χ1n) is 7.99. The van der Waals surface area contributed by atoms with Crippen LogP contribution in [0.15, 0.2) is 27.4 Å². The summed E-state index contributed by atoms with van der Waals surface area (Å²) in [6.45, 7) is 6.25. The maximum absolute atomic E-state index is 11.9. The van der Waals surface area contributed by atoms with Crippen molar-refractivity contribution in [3.05, 3.63) is 45.3 Å². The molecule has 0 unspecified atom stereocenters. The molecule has 3 rings (SSSR count). The zero-order chi connectivity index (χ0) is 16.6. The maximum atomic E-state index is 11.9. The Morgan fingerprint density at radius 1 is 1.30 bits per heavy atom. The van der Waals surface area contributed by atoms with Gasteiger partial charge in [0.2, 0.25) is 5.91 Å². The van der Waals surface area contributed by atoms with E-state index in [1.165, 1.54) is 5.56 Å². The third-order valence-electron chi connectivity index (χ3n) is 4.75. The van der Waals surface area contributed by atoms with Crippen LogP contribution in [-0.2, 0) is 11.3 Å². The molecule has 1 aliphatic heterocycles. The Kier molecular flexibility index (Phi) is 4.22. The van der Waals surface area contributed by atoms with Gasteiger partial charge in [-0.05, 0) is 62.1 Å². The lowest BCUT2D eigenvalue weighted by Crippen LogP contribution is -2.40. The van der Waals surface area contributed by atoms with E-state index in [2.05, 4.69) is 11.0 Å². The normalized spacial score (nSPS) is 19.1. The summed E-state index contributed by atoms with van der Waals surface area (Å²) in [4.78, 5) is 25.5. The number of primary amides is 1. The molecule has 122 valence electrons. The van der Waals surface area contributed by atoms with Crippen molar-refractivity contribution in [3.8, 4) is 0 Å². The lowest BCUT2D eigenvalue weighted by atomic mass is 9.96. The van der Waals surface area contributed by atoms with Crippen molar-refractivity contribution >= 4 is 16.9 Å². The molecule has 1 aromatic carbocycles. The summed E-state index contributed by atoms with van der Waals surface area (Å²) in [6, 6.07) is 5.54. The number of carbonyl (C=O) groups excluding carboxylic acids is 1. The van der Waals surface area contributed by atoms with Crippen LogP contribution in [0.5, 0.6) is 0 Å². The minimum Gasteiger partial charge on any atom is -0.423 e. The number of hydrogen-bond acceptors (Lipinski definition) is 4. The highest BCUT2D eigenvalue weighted by Gasteiger charge is 2.24. The molecule has 0 spiro atoms. The lowest BCUT2D eigenvalue weighted by Gasteiger charge is -2.31. The third kappa shape index (κ3) is 3.29. The van der Waals surface area contributed by atoms with Gasteiger partial charge in [0.1, 0.15) is 5.58 Å². The Morgan fingerprint density at radius 2 is 2.04 bits per heavy atom. The van der Waals surface area contributed by atoms with Crippen molar-refractivity contribution in [1.29, 1.82) is 0 Å². The van der Waals surface area contributed by atoms with Gasteiger partial charge >= 0.3 is 5.63 Å². The SMILES string of the molecule is Cc1cc2oc(=O)cc(CN3CCC[C@H](C(N)=O)C3)c2cc1C. The third-order valence-corrected chi connectivity index (χ3v) is 4.75. The summed E-state index contributed by atoms with van der Waals surface area (Å²) < 4.78 is 5.34. The molecule has 1 fully saturated rings. The highest BCUT2D eigenvalue weighted by Crippen LogP contribution is 2.24. The fraction of sp³-hybridized carbons (Fsp3) is 0.444. The van der Waals surface area contributed by atoms with E-state index in [9.17, 15) is 9.59 Å². The molecule has 1 saturated heterocycles. The van der Waals surface area contributed by atoms with Crippen LogP contribution in [0.1, 0.15) is 29.5 Å². The fourth-order valence-corrected chi connectivity index (χ4v) is 3.29. The molecule has 23 heavy (non-hydrogen) atoms. The zero-order valence-electron chi connectivity index (χ0n) is 13.6. The van der Waals surface area contributed by atoms with Crippen LogP contribution < -0.4 is 11.4 Å². The number of benzene rings is 1. The number of amides is 1. The van der Waals surface area contributed by atoms with Gasteiger partial charge in [-0.2, -0.15) is 0 Å². The Morgan fingerprint density at radius 3 is 2.78 bits per heavy atom. The second kappa shape index (κ2) is 6.16. The Bertz CT molecular complexity index is 810. The number of carbonyl (C=O) groups is 1. The molecule has 2 heterocycles. The molecule has 5 heteroatoms. The van der Waals surface area contributed by atoms with Crippen molar-refractivity contribution < 1.29 is 9.21 Å². The van der Waals surface area contributed by atoms with Crippen molar-refractivity contribution in [2.45, 2.75) is 33.2 Å². The van der Waals surface area contributed by atoms with Gasteiger partial charge < -0.3 is 10.2 Å². The Labute approximate surface area is 135 Å². The van der Waals surface area contributed by atoms with Gasteiger partial charge in [-0.3, -0.25) is 9.69 Å². The van der Waals surface area contributed by atoms with Crippen molar-refractivity contribution in [2.24, 2.45) is 11.7 Å². The number of rotatable bonds is 3. The van der Waals surface area contributed by atoms with Crippen LogP contribution in [0.4, 0.5) is 0 Å². The summed E-state index contributed by atoms with van der Waals surface area (Å²) in [5, 5.41) is 0.967. The second-order valence-corrected chi connectivity index (χ2v) is 6.50. The van der Waals surface area contributed by atoms with E-state index in [0.29, 0.717) is 18.7 Å². The average molecular weight is 314 g/mol. The first-order chi connectivity index (χ1) is 10.9. The van der Waals surface area contributed by atoms with E-state index >= 15 is 0 Å². The van der Waals surface area contributed by atoms with Gasteiger partial charge in [-0.15, -0.1) is 0 Å². The van der Waals surface area contributed by atoms with E-state index in [1.54, 1.807) is 6.07 Å². The summed E-state index contributed by atoms with van der Waals surface area (Å²) in [5.41, 5.74) is 8.95. The summed E-state index contributed by atoms with van der Waals surface area (Å²) in [5.74, 6) is -0.335. The van der Waals surface area contributed by atoms with Gasteiger partial charge in [0, 0.05) is 24.5 Å². The van der Waals surface area contributed by atoms with E-state index in [1.807, 2.05) is 19.9 Å². The average Bonchev–Trinajstić information content (AvgIpc) is 2.49. The molecular formula is C18H22N2O3. The van der Waals surface area contributed by atoms with E-state index in [0.717, 1.165) is 35.9 Å². The number of nitrogens with zero attached hydrogens (tertiary/aromatic N) is 1. The smallest absolute Gasteiger partial charge is 0.336 e. The van der Waals surface area contributed by atoms with Gasteiger partial charge in [-0.25, -0.2) is 4.79 Å². The minimum absolute atomic E-state index is 0.0980. The Hall–Kier alpha value is -2.14. The zero-order valence-corrected chi connectivity index (χ0v) is 13.6. The number of piperidine rings is 1. The first kappa shape index (κ1) is 15.7. The van der Waals surface area contributed by atoms with Gasteiger partial charge in [-0.1, -0.05) is 0 Å². The molecular weight excluding hydrogens is 292 g/mol. The second-order valence-electron chi connectivity index (χ2n) is 6.50. The first-order valence-corrected chi connectivity index (χ1v) is 7.99. The van der Waals surface area contributed by atoms with Crippen LogP contribution in [-0.4, -0.2) is 23.9 Å². The molecule has 0 aliphatic carbocycles. The topological polar surface area (TPSA) is 76.5 Å². The highest BCUT2D eigenvalue weighted by molar-refractivity contribution is 5.82. The molecule has 1 amide bonds. The summed E-state index contributed by atoms with van der Waals surface area (Å²) >= 11 is 0. The van der Waals surface area contributed by atoms with Crippen molar-refractivity contribution in [3.63, 3.8) is 0 Å². The quantitative estimate of drug-likeness (QED) is 0.880. The summed E-state index contributed by atoms with van der Waals surface area (Å²) in [7, 11) is 0. The maximum Gasteiger partial charge on any atom is 0.336 e. The Balaban J connectivity index is 1.94. The molecule has 5 nitrogen and oxygen atoms in total. The predicted molar refractivity (Wildman–Crippen MR) is 89.2 cm³/mol. The highest BCUT2D eigenvalue weighted by atomic mass is 16.4. The molecule has 2 N–H and O–H groups in total. The number of aryl methyl sites for hydroxylation is 2. The molecule has 0 bridgehead atoms. The molecule has 1 aromatic heterocycles. The number of hydrogen-bond donors (Lipinski definition) is 1. The molecule has 1 aliphatic rings. The van der Waals surface area contributed by atoms with Gasteiger partial charge in [0.15, 0.2) is 0 Å². The van der Waals surface area contributed by atoms with Crippen molar-refractivity contribution in [2.75, 3.05) is 13.1 Å². The molecule has 0 radical (unpaired) electrons. The molecule has 1 atom stereocenters. The monoisotopic (exact) mass is 314 g/mol. The lowest BCUT2D eigenvalue weighted by molar-refractivity contribution is -0.123. The fourth-order valence-electron chi connectivity index (χ4n) is 3.29. The van der Waals surface area contributed by atoms with E-state index in [-0.39, 0.29) is 17.5 Å². The number of fused-ring (bicyclic) bond motifs is 1. The predicted octanol–water partition coefficient (Wildman–Crippen LogP) is 2.11. The van der Waals surface area contributed by atoms with Crippen LogP contribution >= 0.6 is 0 Å². The standard InChI is InChI=1S/C18H22N2O3/c1-11-6-15-14(8-17(21)23-16(15)7-12(11)2)10-20-5-3-4-13(9-20)18(19)22/h6-8,13H,3-5,9-10H2,1-2H3,(H2,19,22)/t13-/m0/s1. The van der Waals surface area contributed by atoms with Gasteiger partial charge in [0.05, 0.1) is 5.92 Å². The van der Waals surface area contributed by atoms with Crippen LogP contribution in [0, 0.1) is 19.8 Å². The van der Waals surface area contributed by atoms with Gasteiger partial charge in [0.25, 0.3) is 0 Å². The number of likely N-dealkylation sites (tertiary alicyclic amines) is 1. The van der Waals surface area contributed by atoms with E-state index in [4.69, 9.17) is 10.2 Å². The van der Waals surface area contributed by atoms with Crippen LogP contribution in [0.3, 0.4) is 0 Å². The largest absolute Gasteiger partial charge is 0.423 e. The summed E-state index contributed by atoms with van der Waals surface area (Å²) in [6.07, 6.45) is 1.80. The number of nitrogens with two attached hydrogens (primary N) is 1. The molecule has 2 aromatic rings. The van der Waals surface area contributed by atoms with Crippen LogP contribution in [0.2, 0.25) is 0 Å². The van der Waals surface area contributed by atoms with Crippen molar-refractivity contribution in [1.82, 2.24) is 4.90 Å². The minimum atomic E-state index is -0.334. The van der Waals surface area contributed by atoms with Crippen LogP contribution in [0.25, 0.3) is 11.0 Å².